The van der Waals surface area contributed by atoms with Gasteiger partial charge in [-0.3, -0.25) is 9.36 Å². The summed E-state index contributed by atoms with van der Waals surface area (Å²) < 4.78 is 17.4. The van der Waals surface area contributed by atoms with Crippen LogP contribution in [-0.4, -0.2) is 77.7 Å². The van der Waals surface area contributed by atoms with Crippen molar-refractivity contribution in [1.82, 2.24) is 34.2 Å². The van der Waals surface area contributed by atoms with E-state index in [2.05, 4.69) is 23.7 Å². The van der Waals surface area contributed by atoms with Crippen LogP contribution in [0.5, 0.6) is 0 Å². The molecule has 3 aliphatic rings. The SMILES string of the molecule is CC(C)=CC(=O)OCCn1cc2cc(-c3nn(C4CC5(C4)CN(C(=O)O)C5)c(C)c3-c3c(Cl)c(C)cc4c3cnn4C3CCCCO3)ccc2n1. The number of nitrogens with zero attached hydrogens (tertiary/aromatic N) is 7. The van der Waals surface area contributed by atoms with Crippen LogP contribution in [0.1, 0.15) is 69.5 Å². The number of amides is 1. The molecule has 3 aromatic heterocycles. The number of likely N-dealkylation sites (tertiary alicyclic amines) is 1. The summed E-state index contributed by atoms with van der Waals surface area (Å²) in [5, 5.41) is 26.9. The normalized spacial score (nSPS) is 18.6. The molecule has 1 unspecified atom stereocenters. The first kappa shape index (κ1) is 33.5. The average Bonchev–Trinajstić information content (AvgIpc) is 3.75. The molecule has 1 amide bonds. The van der Waals surface area contributed by atoms with E-state index in [1.165, 1.54) is 11.0 Å². The predicted molar refractivity (Wildman–Crippen MR) is 194 cm³/mol. The summed E-state index contributed by atoms with van der Waals surface area (Å²) in [6.45, 7) is 10.3. The molecular weight excluding hydrogens is 670 g/mol. The van der Waals surface area contributed by atoms with E-state index in [1.807, 2.05) is 50.0 Å². The Labute approximate surface area is 300 Å². The minimum Gasteiger partial charge on any atom is -0.465 e. The van der Waals surface area contributed by atoms with Crippen LogP contribution in [0, 0.1) is 19.3 Å². The number of hydrogen-bond donors (Lipinski definition) is 1. The second kappa shape index (κ2) is 12.8. The largest absolute Gasteiger partial charge is 0.465 e. The van der Waals surface area contributed by atoms with E-state index in [9.17, 15) is 14.7 Å². The van der Waals surface area contributed by atoms with Crippen molar-refractivity contribution in [2.75, 3.05) is 26.3 Å². The zero-order valence-electron chi connectivity index (χ0n) is 29.4. The van der Waals surface area contributed by atoms with Gasteiger partial charge in [-0.05, 0) is 83.6 Å². The van der Waals surface area contributed by atoms with Crippen molar-refractivity contribution in [3.05, 3.63) is 64.6 Å². The number of ether oxygens (including phenoxy) is 2. The minimum atomic E-state index is -0.857. The maximum atomic E-state index is 12.0. The van der Waals surface area contributed by atoms with Crippen molar-refractivity contribution < 1.29 is 24.2 Å². The average molecular weight is 712 g/mol. The van der Waals surface area contributed by atoms with Crippen molar-refractivity contribution in [2.45, 2.75) is 78.6 Å². The second-order valence-electron chi connectivity index (χ2n) is 14.7. The first-order chi connectivity index (χ1) is 24.5. The highest BCUT2D eigenvalue weighted by molar-refractivity contribution is 6.36. The Balaban J connectivity index is 1.19. The van der Waals surface area contributed by atoms with Gasteiger partial charge in [0.1, 0.15) is 12.3 Å². The number of carbonyl (C=O) groups excluding carboxylic acids is 1. The van der Waals surface area contributed by atoms with E-state index in [0.717, 1.165) is 93.1 Å². The molecule has 2 aliphatic heterocycles. The molecule has 1 saturated carbocycles. The van der Waals surface area contributed by atoms with Crippen molar-refractivity contribution in [2.24, 2.45) is 5.41 Å². The van der Waals surface area contributed by atoms with Crippen molar-refractivity contribution in [1.29, 1.82) is 0 Å². The summed E-state index contributed by atoms with van der Waals surface area (Å²) in [5.41, 5.74) is 8.26. The molecule has 1 N–H and O–H groups in total. The van der Waals surface area contributed by atoms with E-state index in [4.69, 9.17) is 36.4 Å². The molecule has 51 heavy (non-hydrogen) atoms. The molecular formula is C38H42ClN7O5. The third kappa shape index (κ3) is 5.97. The zero-order chi connectivity index (χ0) is 35.6. The van der Waals surface area contributed by atoms with Gasteiger partial charge in [-0.15, -0.1) is 0 Å². The lowest BCUT2D eigenvalue weighted by Gasteiger charge is -2.58. The van der Waals surface area contributed by atoms with Gasteiger partial charge >= 0.3 is 12.1 Å². The Hall–Kier alpha value is -4.68. The number of esters is 1. The van der Waals surface area contributed by atoms with Gasteiger partial charge in [-0.1, -0.05) is 23.2 Å². The number of aryl methyl sites for hydroxylation is 1. The van der Waals surface area contributed by atoms with Crippen LogP contribution >= 0.6 is 11.6 Å². The lowest BCUT2D eigenvalue weighted by Crippen LogP contribution is -2.63. The quantitative estimate of drug-likeness (QED) is 0.128. The van der Waals surface area contributed by atoms with Gasteiger partial charge in [0.2, 0.25) is 0 Å². The van der Waals surface area contributed by atoms with E-state index >= 15 is 0 Å². The maximum absolute atomic E-state index is 12.0. The van der Waals surface area contributed by atoms with Gasteiger partial charge in [0.05, 0.1) is 34.8 Å². The number of rotatable bonds is 8. The molecule has 5 aromatic rings. The van der Waals surface area contributed by atoms with Gasteiger partial charge in [0, 0.05) is 70.5 Å². The van der Waals surface area contributed by atoms with Gasteiger partial charge in [0.25, 0.3) is 0 Å². The van der Waals surface area contributed by atoms with Gasteiger partial charge in [-0.2, -0.15) is 15.3 Å². The first-order valence-corrected chi connectivity index (χ1v) is 18.0. The monoisotopic (exact) mass is 711 g/mol. The number of allylic oxidation sites excluding steroid dienone is 1. The van der Waals surface area contributed by atoms with Crippen molar-refractivity contribution in [3.8, 4) is 22.4 Å². The number of fused-ring (bicyclic) bond motifs is 2. The summed E-state index contributed by atoms with van der Waals surface area (Å²) in [7, 11) is 0. The highest BCUT2D eigenvalue weighted by Crippen LogP contribution is 2.55. The molecule has 5 heterocycles. The van der Waals surface area contributed by atoms with Gasteiger partial charge in [0.15, 0.2) is 6.23 Å². The number of benzene rings is 2. The zero-order valence-corrected chi connectivity index (χ0v) is 30.1. The molecule has 1 atom stereocenters. The molecule has 266 valence electrons. The van der Waals surface area contributed by atoms with Crippen LogP contribution in [0.4, 0.5) is 4.79 Å². The smallest absolute Gasteiger partial charge is 0.407 e. The number of aromatic nitrogens is 6. The maximum Gasteiger partial charge on any atom is 0.407 e. The van der Waals surface area contributed by atoms with E-state index in [-0.39, 0.29) is 30.3 Å². The number of halogens is 1. The fourth-order valence-electron chi connectivity index (χ4n) is 8.18. The third-order valence-corrected chi connectivity index (χ3v) is 11.1. The minimum absolute atomic E-state index is 0.0185. The molecule has 0 bridgehead atoms. The molecule has 2 aromatic carbocycles. The Morgan fingerprint density at radius 1 is 1.10 bits per heavy atom. The van der Waals surface area contributed by atoms with E-state index in [1.54, 1.807) is 4.68 Å². The van der Waals surface area contributed by atoms with Crippen LogP contribution in [0.15, 0.2) is 48.3 Å². The predicted octanol–water partition coefficient (Wildman–Crippen LogP) is 7.71. The highest BCUT2D eigenvalue weighted by Gasteiger charge is 2.55. The van der Waals surface area contributed by atoms with Crippen LogP contribution < -0.4 is 0 Å². The second-order valence-corrected chi connectivity index (χ2v) is 15.1. The van der Waals surface area contributed by atoms with Crippen LogP contribution in [0.25, 0.3) is 44.2 Å². The van der Waals surface area contributed by atoms with Crippen molar-refractivity contribution in [3.63, 3.8) is 0 Å². The molecule has 8 rings (SSSR count). The Kier molecular flexibility index (Phi) is 8.41. The lowest BCUT2D eigenvalue weighted by atomic mass is 9.61. The summed E-state index contributed by atoms with van der Waals surface area (Å²) in [6, 6.07) is 8.38. The fourth-order valence-corrected chi connectivity index (χ4v) is 8.43. The molecule has 13 heteroatoms. The topological polar surface area (TPSA) is 130 Å². The molecule has 3 fully saturated rings. The molecule has 1 spiro atoms. The van der Waals surface area contributed by atoms with Crippen LogP contribution in [-0.2, 0) is 20.8 Å². The number of hydrogen-bond acceptors (Lipinski definition) is 7. The highest BCUT2D eigenvalue weighted by atomic mass is 35.5. The Morgan fingerprint density at radius 3 is 2.63 bits per heavy atom. The standard InChI is InChI=1S/C38H42ClN7O5/c1-22(2)13-32(47)51-12-10-44-19-26-15-25(8-9-29(26)41-44)36-33(24(4)45(42-36)27-16-38(17-27)20-43(21-38)37(48)49)34-28-18-40-46(31-7-5-6-11-50-31)30(28)14-23(3)35(34)39/h8-9,13-15,18-19,27,31H,5-7,10-12,16-17,20-21H2,1-4H3,(H,48,49). The molecule has 1 aliphatic carbocycles. The Bertz CT molecular complexity index is 2210. The van der Waals surface area contributed by atoms with Gasteiger partial charge < -0.3 is 19.5 Å². The summed E-state index contributed by atoms with van der Waals surface area (Å²) in [6.07, 6.45) is 9.16. The number of carboxylic acid groups (broad SMARTS) is 1. The lowest BCUT2D eigenvalue weighted by molar-refractivity contribution is -0.138. The molecule has 12 nitrogen and oxygen atoms in total. The van der Waals surface area contributed by atoms with Gasteiger partial charge in [-0.25, -0.2) is 14.3 Å². The van der Waals surface area contributed by atoms with E-state index < -0.39 is 6.09 Å². The van der Waals surface area contributed by atoms with E-state index in [0.29, 0.717) is 31.3 Å². The molecule has 0 radical (unpaired) electrons. The first-order valence-electron chi connectivity index (χ1n) is 17.6. The summed E-state index contributed by atoms with van der Waals surface area (Å²) in [5.74, 6) is -0.359. The summed E-state index contributed by atoms with van der Waals surface area (Å²) in [4.78, 5) is 25.0. The Morgan fingerprint density at radius 2 is 1.90 bits per heavy atom. The third-order valence-electron chi connectivity index (χ3n) is 10.7. The fraction of sp³-hybridized carbons (Fsp3) is 0.447. The number of carbonyl (C=O) groups is 2. The van der Waals surface area contributed by atoms with Crippen LogP contribution in [0.2, 0.25) is 5.02 Å². The molecule has 2 saturated heterocycles. The van der Waals surface area contributed by atoms with Crippen molar-refractivity contribution >= 4 is 45.5 Å². The van der Waals surface area contributed by atoms with Crippen LogP contribution in [0.3, 0.4) is 0 Å². The summed E-state index contributed by atoms with van der Waals surface area (Å²) >= 11 is 7.27.